The molecule has 1 fully saturated rings. The molecule has 1 rings (SSSR count). The van der Waals surface area contributed by atoms with Crippen molar-refractivity contribution in [2.45, 2.75) is 25.9 Å². The Hall–Kier alpha value is 0.270. The van der Waals surface area contributed by atoms with Crippen LogP contribution in [0.3, 0.4) is 0 Å². The van der Waals surface area contributed by atoms with Crippen LogP contribution in [0.15, 0.2) is 0 Å². The molecular weight excluding hydrogens is 170 g/mol. The van der Waals surface area contributed by atoms with Crippen molar-refractivity contribution in [2.75, 3.05) is 31.1 Å². The van der Waals surface area contributed by atoms with Gasteiger partial charge in [-0.3, -0.25) is 0 Å². The fourth-order valence-electron chi connectivity index (χ4n) is 1.26. The van der Waals surface area contributed by atoms with Crippen molar-refractivity contribution in [3.05, 3.63) is 0 Å². The van der Waals surface area contributed by atoms with Gasteiger partial charge >= 0.3 is 0 Å². The van der Waals surface area contributed by atoms with E-state index in [2.05, 4.69) is 4.90 Å². The van der Waals surface area contributed by atoms with Crippen LogP contribution in [-0.2, 0) is 0 Å². The third kappa shape index (κ3) is 4.33. The molecule has 0 spiro atoms. The first-order chi connectivity index (χ1) is 5.58. The standard InChI is InChI=1S/C9H19NOS/c1-9(2,11)3-4-10-5-7-12-8-6-10/h11H,3-8H2,1-2H3. The van der Waals surface area contributed by atoms with Crippen LogP contribution in [0.25, 0.3) is 0 Å². The molecule has 0 aromatic heterocycles. The Bertz CT molecular complexity index is 127. The SMILES string of the molecule is CC(C)(O)CCN1CCSCC1. The number of nitrogens with zero attached hydrogens (tertiary/aromatic N) is 1. The zero-order chi connectivity index (χ0) is 9.03. The van der Waals surface area contributed by atoms with Gasteiger partial charge in [0.2, 0.25) is 0 Å². The van der Waals surface area contributed by atoms with Crippen LogP contribution in [-0.4, -0.2) is 46.7 Å². The van der Waals surface area contributed by atoms with Crippen molar-refractivity contribution in [1.82, 2.24) is 4.90 Å². The molecule has 0 unspecified atom stereocenters. The van der Waals surface area contributed by atoms with E-state index in [0.717, 1.165) is 13.0 Å². The Morgan fingerprint density at radius 3 is 2.42 bits per heavy atom. The fraction of sp³-hybridized carbons (Fsp3) is 1.00. The molecule has 72 valence electrons. The van der Waals surface area contributed by atoms with Crippen LogP contribution >= 0.6 is 11.8 Å². The number of hydrogen-bond acceptors (Lipinski definition) is 3. The van der Waals surface area contributed by atoms with E-state index in [-0.39, 0.29) is 0 Å². The quantitative estimate of drug-likeness (QED) is 0.721. The van der Waals surface area contributed by atoms with E-state index < -0.39 is 5.60 Å². The van der Waals surface area contributed by atoms with Crippen LogP contribution in [0.4, 0.5) is 0 Å². The molecule has 0 aromatic rings. The number of aliphatic hydroxyl groups is 1. The van der Waals surface area contributed by atoms with E-state index >= 15 is 0 Å². The lowest BCUT2D eigenvalue weighted by Gasteiger charge is -2.28. The summed E-state index contributed by atoms with van der Waals surface area (Å²) in [6, 6.07) is 0. The second-order valence-corrected chi connectivity index (χ2v) is 5.24. The Morgan fingerprint density at radius 2 is 1.92 bits per heavy atom. The number of thioether (sulfide) groups is 1. The Kier molecular flexibility index (Phi) is 3.87. The van der Waals surface area contributed by atoms with Gasteiger partial charge in [0.25, 0.3) is 0 Å². The van der Waals surface area contributed by atoms with Gasteiger partial charge in [0.15, 0.2) is 0 Å². The summed E-state index contributed by atoms with van der Waals surface area (Å²) >= 11 is 2.03. The van der Waals surface area contributed by atoms with Crippen molar-refractivity contribution in [1.29, 1.82) is 0 Å². The van der Waals surface area contributed by atoms with Crippen LogP contribution in [0.1, 0.15) is 20.3 Å². The molecule has 1 N–H and O–H groups in total. The lowest BCUT2D eigenvalue weighted by molar-refractivity contribution is 0.0589. The Morgan fingerprint density at radius 1 is 1.33 bits per heavy atom. The third-order valence-corrected chi connectivity index (χ3v) is 3.09. The van der Waals surface area contributed by atoms with E-state index in [9.17, 15) is 5.11 Å². The van der Waals surface area contributed by atoms with E-state index in [1.807, 2.05) is 25.6 Å². The Balaban J connectivity index is 2.13. The van der Waals surface area contributed by atoms with Crippen LogP contribution in [0, 0.1) is 0 Å². The summed E-state index contributed by atoms with van der Waals surface area (Å²) in [7, 11) is 0. The van der Waals surface area contributed by atoms with Gasteiger partial charge in [-0.25, -0.2) is 0 Å². The second-order valence-electron chi connectivity index (χ2n) is 4.02. The molecule has 2 nitrogen and oxygen atoms in total. The van der Waals surface area contributed by atoms with Gasteiger partial charge in [-0.1, -0.05) is 0 Å². The van der Waals surface area contributed by atoms with Crippen molar-refractivity contribution in [3.63, 3.8) is 0 Å². The highest BCUT2D eigenvalue weighted by molar-refractivity contribution is 7.99. The highest BCUT2D eigenvalue weighted by Crippen LogP contribution is 2.13. The summed E-state index contributed by atoms with van der Waals surface area (Å²) < 4.78 is 0. The predicted octanol–water partition coefficient (Wildman–Crippen LogP) is 1.20. The lowest BCUT2D eigenvalue weighted by Crippen LogP contribution is -2.36. The molecule has 12 heavy (non-hydrogen) atoms. The van der Waals surface area contributed by atoms with E-state index in [1.54, 1.807) is 0 Å². The van der Waals surface area contributed by atoms with Gasteiger partial charge in [-0.15, -0.1) is 0 Å². The van der Waals surface area contributed by atoms with Gasteiger partial charge in [-0.2, -0.15) is 11.8 Å². The average Bonchev–Trinajstić information content (AvgIpc) is 2.02. The predicted molar refractivity (Wildman–Crippen MR) is 54.7 cm³/mol. The molecular formula is C9H19NOS. The monoisotopic (exact) mass is 189 g/mol. The molecule has 0 saturated carbocycles. The minimum absolute atomic E-state index is 0.495. The maximum Gasteiger partial charge on any atom is 0.0603 e. The second kappa shape index (κ2) is 4.49. The smallest absolute Gasteiger partial charge is 0.0603 e. The van der Waals surface area contributed by atoms with Gasteiger partial charge in [-0.05, 0) is 20.3 Å². The first kappa shape index (κ1) is 10.4. The third-order valence-electron chi connectivity index (χ3n) is 2.14. The van der Waals surface area contributed by atoms with Crippen molar-refractivity contribution in [2.24, 2.45) is 0 Å². The summed E-state index contributed by atoms with van der Waals surface area (Å²) in [5, 5.41) is 9.52. The fourth-order valence-corrected chi connectivity index (χ4v) is 2.24. The van der Waals surface area contributed by atoms with Crippen LogP contribution in [0.5, 0.6) is 0 Å². The molecule has 0 radical (unpaired) electrons. The molecule has 0 bridgehead atoms. The summed E-state index contributed by atoms with van der Waals surface area (Å²) in [6.45, 7) is 7.20. The molecule has 0 atom stereocenters. The summed E-state index contributed by atoms with van der Waals surface area (Å²) in [5.74, 6) is 2.51. The highest BCUT2D eigenvalue weighted by Gasteiger charge is 2.16. The van der Waals surface area contributed by atoms with Gasteiger partial charge in [0.1, 0.15) is 0 Å². The Labute approximate surface area is 79.3 Å². The zero-order valence-electron chi connectivity index (χ0n) is 8.05. The summed E-state index contributed by atoms with van der Waals surface area (Å²) in [4.78, 5) is 2.44. The largest absolute Gasteiger partial charge is 0.390 e. The molecule has 1 saturated heterocycles. The molecule has 1 aliphatic rings. The van der Waals surface area contributed by atoms with E-state index in [4.69, 9.17) is 0 Å². The average molecular weight is 189 g/mol. The van der Waals surface area contributed by atoms with E-state index in [1.165, 1.54) is 24.6 Å². The molecule has 1 heterocycles. The maximum atomic E-state index is 9.52. The maximum absolute atomic E-state index is 9.52. The molecule has 1 aliphatic heterocycles. The first-order valence-corrected chi connectivity index (χ1v) is 5.76. The summed E-state index contributed by atoms with van der Waals surface area (Å²) in [6.07, 6.45) is 0.887. The molecule has 0 amide bonds. The van der Waals surface area contributed by atoms with Gasteiger partial charge < -0.3 is 10.0 Å². The van der Waals surface area contributed by atoms with Crippen LogP contribution < -0.4 is 0 Å². The molecule has 0 aromatic carbocycles. The zero-order valence-corrected chi connectivity index (χ0v) is 8.86. The minimum atomic E-state index is -0.495. The lowest BCUT2D eigenvalue weighted by atomic mass is 10.1. The molecule has 3 heteroatoms. The topological polar surface area (TPSA) is 23.5 Å². The van der Waals surface area contributed by atoms with E-state index in [0.29, 0.717) is 0 Å². The minimum Gasteiger partial charge on any atom is -0.390 e. The van der Waals surface area contributed by atoms with Crippen LogP contribution in [0.2, 0.25) is 0 Å². The van der Waals surface area contributed by atoms with Crippen molar-refractivity contribution >= 4 is 11.8 Å². The van der Waals surface area contributed by atoms with Crippen molar-refractivity contribution in [3.8, 4) is 0 Å². The summed E-state index contributed by atoms with van der Waals surface area (Å²) in [5.41, 5.74) is -0.495. The number of hydrogen-bond donors (Lipinski definition) is 1. The number of rotatable bonds is 3. The molecule has 0 aliphatic carbocycles. The van der Waals surface area contributed by atoms with Gasteiger partial charge in [0.05, 0.1) is 5.60 Å². The van der Waals surface area contributed by atoms with Crippen molar-refractivity contribution < 1.29 is 5.11 Å². The van der Waals surface area contributed by atoms with Gasteiger partial charge in [0, 0.05) is 31.1 Å². The first-order valence-electron chi connectivity index (χ1n) is 4.60. The normalized spacial score (nSPS) is 21.2. The highest BCUT2D eigenvalue weighted by atomic mass is 32.2.